The van der Waals surface area contributed by atoms with E-state index in [0.29, 0.717) is 33.2 Å². The normalized spacial score (nSPS) is 10.9. The molecule has 10 aromatic heterocycles. The number of aromatic amines is 2. The topological polar surface area (TPSA) is 354 Å². The van der Waals surface area contributed by atoms with Crippen LogP contribution < -0.4 is 29.6 Å². The molecule has 0 saturated carbocycles. The number of ether oxygens (including phenoxy) is 2. The molecule has 60 heteroatoms. The van der Waals surface area contributed by atoms with Gasteiger partial charge in [0.15, 0.2) is 16.9 Å². The van der Waals surface area contributed by atoms with E-state index in [1.54, 1.807) is 146 Å². The molecule has 4 aromatic carbocycles. The number of methoxy groups -OCH3 is 2. The van der Waals surface area contributed by atoms with Gasteiger partial charge in [-0.3, -0.25) is 0 Å². The van der Waals surface area contributed by atoms with Crippen molar-refractivity contribution in [2.45, 2.75) is 67.2 Å². The predicted molar refractivity (Wildman–Crippen MR) is 554 cm³/mol. The molecule has 28 radical (unpaired) electrons. The van der Waals surface area contributed by atoms with E-state index in [1.807, 2.05) is 65.1 Å². The Bertz CT molecular complexity index is 6590. The summed E-state index contributed by atoms with van der Waals surface area (Å²) in [4.78, 5) is 50.1. The van der Waals surface area contributed by atoms with Crippen LogP contribution >= 0.6 is 37.3 Å². The number of aliphatic hydroxyl groups excluding tert-OH is 1. The van der Waals surface area contributed by atoms with Gasteiger partial charge >= 0.3 is 41.5 Å². The second kappa shape index (κ2) is 50.5. The summed E-state index contributed by atoms with van der Waals surface area (Å²) in [7, 11) is 77.3. The number of carbonyl (C=O) groups excluding carboxylic acids is 2. The molecule has 0 bridgehead atoms. The molecule has 0 saturated heterocycles. The van der Waals surface area contributed by atoms with Crippen LogP contribution in [-0.2, 0) is 70.7 Å². The number of nitrogens with zero attached hydrogens (tertiary/aromatic N) is 8. The molecule has 25 nitrogen and oxygen atoms in total. The monoisotopic (exact) mass is 1920 g/mol. The molecule has 0 amide bonds. The minimum absolute atomic E-state index is 0. The van der Waals surface area contributed by atoms with Gasteiger partial charge in [-0.1, -0.05) is 77.7 Å². The molecular formula is C71H68B26BrCl2N10NaO15S5. The van der Waals surface area contributed by atoms with Gasteiger partial charge in [-0.05, 0) is 170 Å². The number of fused-ring (bicyclic) bond motifs is 5. The number of carbonyl (C=O) groups is 2. The minimum Gasteiger partial charge on any atom is -1.00 e. The maximum Gasteiger partial charge on any atom is 1.00 e. The van der Waals surface area contributed by atoms with Crippen LogP contribution in [0.15, 0.2) is 244 Å². The van der Waals surface area contributed by atoms with Crippen LogP contribution in [0.3, 0.4) is 0 Å². The molecule has 0 fully saturated rings. The van der Waals surface area contributed by atoms with E-state index in [4.69, 9.17) is 124 Å². The van der Waals surface area contributed by atoms with Crippen LogP contribution in [-0.4, -0.2) is 311 Å². The fraction of sp³-hybridized carbons (Fsp3) is 0.141. The van der Waals surface area contributed by atoms with Crippen LogP contribution in [0.5, 0.6) is 0 Å². The third kappa shape index (κ3) is 31.4. The number of halogens is 3. The summed E-state index contributed by atoms with van der Waals surface area (Å²) in [5, 5.41) is 13.2. The summed E-state index contributed by atoms with van der Waals surface area (Å²) in [6.07, 6.45) is 6.83. The molecule has 10 heterocycles. The molecule has 14 rings (SSSR count). The van der Waals surface area contributed by atoms with E-state index < -0.39 is 131 Å². The van der Waals surface area contributed by atoms with Gasteiger partial charge in [-0.25, -0.2) is 88.5 Å². The zero-order valence-electron chi connectivity index (χ0n) is 73.6. The number of aliphatic hydroxyl groups is 1. The number of nitrogens with one attached hydrogen (secondary N) is 2. The van der Waals surface area contributed by atoms with Crippen molar-refractivity contribution >= 4 is 338 Å². The Balaban J connectivity index is 0.000000274. The molecule has 131 heavy (non-hydrogen) atoms. The van der Waals surface area contributed by atoms with Crippen LogP contribution in [0.2, 0.25) is 0 Å². The number of hydrogen-bond donors (Lipinski definition) is 3. The van der Waals surface area contributed by atoms with Crippen molar-refractivity contribution in [1.82, 2.24) is 46.8 Å². The zero-order chi connectivity index (χ0) is 96.8. The molecule has 0 aliphatic heterocycles. The van der Waals surface area contributed by atoms with Crippen molar-refractivity contribution in [3.63, 3.8) is 0 Å². The van der Waals surface area contributed by atoms with Gasteiger partial charge < -0.3 is 26.0 Å². The van der Waals surface area contributed by atoms with Crippen molar-refractivity contribution in [1.29, 1.82) is 0 Å². The molecule has 0 aliphatic rings. The van der Waals surface area contributed by atoms with Gasteiger partial charge in [0.25, 0.3) is 39.1 Å². The first-order chi connectivity index (χ1) is 60.9. The van der Waals surface area contributed by atoms with Gasteiger partial charge in [-0.15, -0.1) is 0 Å². The second-order valence-corrected chi connectivity index (χ2v) is 41.5. The Morgan fingerprint density at radius 3 is 1.01 bits per heavy atom. The van der Waals surface area contributed by atoms with Crippen LogP contribution in [0.4, 0.5) is 0 Å². The Morgan fingerprint density at radius 1 is 0.405 bits per heavy atom. The van der Waals surface area contributed by atoms with E-state index >= 15 is 0 Å². The zero-order valence-corrected chi connectivity index (χ0v) is 81.8. The number of esters is 2. The molecule has 0 atom stereocenters. The van der Waals surface area contributed by atoms with Crippen molar-refractivity contribution in [2.24, 2.45) is 0 Å². The largest absolute Gasteiger partial charge is 1.00 e. The number of hydrogen-bond acceptors (Lipinski definition) is 20. The Labute approximate surface area is 829 Å². The third-order valence-electron chi connectivity index (χ3n) is 19.7. The van der Waals surface area contributed by atoms with E-state index in [9.17, 15) is 51.7 Å². The fourth-order valence-electron chi connectivity index (χ4n) is 13.3. The molecule has 3 N–H and O–H groups in total. The van der Waals surface area contributed by atoms with Gasteiger partial charge in [-0.2, -0.15) is 0 Å². The average molecular weight is 1920 g/mol. The van der Waals surface area contributed by atoms with E-state index in [2.05, 4.69) is 71.0 Å². The quantitative estimate of drug-likeness (QED) is 0.0475. The summed E-state index contributed by atoms with van der Waals surface area (Å²) < 4.78 is 130. The van der Waals surface area contributed by atoms with Crippen LogP contribution in [0.25, 0.3) is 55.2 Å². The molecule has 0 aliphatic carbocycles. The number of aromatic nitrogens is 10. The number of rotatable bonds is 22. The minimum atomic E-state index is -3.74. The number of H-pyrrole nitrogens is 2. The Hall–Kier alpha value is -7.27. The summed E-state index contributed by atoms with van der Waals surface area (Å²) in [5.74, 6) is -0.885. The summed E-state index contributed by atoms with van der Waals surface area (Å²) in [6.45, 7) is 9.51. The van der Waals surface area contributed by atoms with Crippen molar-refractivity contribution in [3.05, 3.63) is 269 Å². The molecule has 0 spiro atoms. The third-order valence-corrected chi connectivity index (χ3v) is 26.6. The van der Waals surface area contributed by atoms with Crippen molar-refractivity contribution < 1.29 is 97.2 Å². The molecular weight excluding hydrogens is 1850 g/mol. The van der Waals surface area contributed by atoms with Gasteiger partial charge in [0.2, 0.25) is 9.05 Å². The first-order valence-corrected chi connectivity index (χ1v) is 49.2. The molecule has 0 unspecified atom stereocenters. The predicted octanol–water partition coefficient (Wildman–Crippen LogP) is 0.584. The fourth-order valence-corrected chi connectivity index (χ4v) is 18.3. The van der Waals surface area contributed by atoms with Crippen LogP contribution in [0, 0.1) is 27.7 Å². The molecule has 622 valence electrons. The van der Waals surface area contributed by atoms with Crippen LogP contribution in [0.1, 0.15) is 62.4 Å². The number of pyridine rings is 5. The van der Waals surface area contributed by atoms with Crippen molar-refractivity contribution in [2.75, 3.05) is 20.5 Å². The number of aryl methyl sites for hydroxylation is 5. The number of benzene rings is 4. The summed E-state index contributed by atoms with van der Waals surface area (Å²) in [5.41, 5.74) is 9.26. The van der Waals surface area contributed by atoms with E-state index in [-0.39, 0.29) is 74.4 Å². The van der Waals surface area contributed by atoms with Gasteiger partial charge in [0.05, 0.1) is 57.8 Å². The van der Waals surface area contributed by atoms with Gasteiger partial charge in [0, 0.05) is 300 Å². The maximum atomic E-state index is 12.7. The smallest absolute Gasteiger partial charge is 1.00 e. The van der Waals surface area contributed by atoms with E-state index in [0.717, 1.165) is 80.4 Å². The second-order valence-electron chi connectivity index (χ2n) is 29.5. The van der Waals surface area contributed by atoms with Crippen molar-refractivity contribution in [3.8, 4) is 0 Å². The molecule has 14 aromatic rings. The summed E-state index contributed by atoms with van der Waals surface area (Å²) in [6, 6.07) is 44.4. The average Bonchev–Trinajstić information content (AvgIpc) is 1.69. The van der Waals surface area contributed by atoms with E-state index in [1.165, 1.54) is 61.3 Å². The standard InChI is InChI=1S/C16H14N2O4S.C16H16N2O2S.C15H14N2O3S.C9H8N2O2.C7H5BrN2.C7H7ClO2S.CH3ClO2S.B26.Na.H/c1-11-3-5-14(6-4-11)23(20,21)18-8-7-12-9-13(16(19)22-2)10-17-15(12)18;1-3-13-10-14-8-9-18(16(14)17-11-13)21(19,20)15-6-4-12(2)5-7-15;1-11-2-4-14(5-3-11)21(19,20)17-7-6-13-8-12(10-18)9-16-15(13)17;1-13-9(12)7-4-6-2-3-10-8(6)11-5-7;8-6-3-5-1-2-9-7(5)10-4-6;1-6-2-4-7(5-3-6)11(8,9)10;1-5(2,3)4;1-15(2)22(16(3)4)25(21(13)14)26(23(17(5)6)18(7)8)24(19(9)10)20(11)12;;/h3-10H,1-2H3;4-11H,3H2,1-2H3;2-9,18H,10H2,1H3;2-5H,1H3,(H,10,11);1-4H,(H,9,10);2-5H,1H3;1H3;;;/q;;;;;;;;+1;-1. The SMILES string of the molecule is Brc1cnc2[nH]ccc2c1.CCc1cnc2c(ccn2S(=O)(=O)c2ccc(C)cc2)c1.COC(=O)c1cnc2[nH]ccc2c1.COC(=O)c1cnc2c(ccn2S(=O)(=O)c2ccc(C)cc2)c1.CS(=O)(=O)Cl.Cc1ccc(S(=O)(=O)Cl)cc1.Cc1ccc(S(=O)(=O)n2ccc3cc(CO)cnc32)cc1.[B]B([B])B(B([B])[B])B(B([B])[B])B(B(B([B])[B])B([B])[B])B(B([B])[B])B([B])[B].[H-].[Na+]. The Kier molecular flexibility index (Phi) is 43.4. The maximum absolute atomic E-state index is 12.7. The Morgan fingerprint density at radius 2 is 0.687 bits per heavy atom. The first-order valence-electron chi connectivity index (χ1n) is 39.0. The van der Waals surface area contributed by atoms with Gasteiger partial charge in [0.1, 0.15) is 11.3 Å². The first kappa shape index (κ1) is 112. The summed E-state index contributed by atoms with van der Waals surface area (Å²) >= 11 is 3.34.